The normalized spacial score (nSPS) is 11.0. The van der Waals surface area contributed by atoms with E-state index in [2.05, 4.69) is 4.74 Å². The minimum atomic E-state index is -4.00. The van der Waals surface area contributed by atoms with Gasteiger partial charge >= 0.3 is 11.9 Å². The second-order valence-corrected chi connectivity index (χ2v) is 5.81. The predicted octanol–water partition coefficient (Wildman–Crippen LogP) is 1.22. The van der Waals surface area contributed by atoms with E-state index in [1.807, 2.05) is 4.72 Å². The number of hydrogen-bond acceptors (Lipinski definition) is 5. The van der Waals surface area contributed by atoms with Crippen LogP contribution in [-0.2, 0) is 19.6 Å². The molecule has 0 aliphatic heterocycles. The fourth-order valence-corrected chi connectivity index (χ4v) is 2.50. The Hall–Kier alpha value is -2.16. The van der Waals surface area contributed by atoms with Crippen molar-refractivity contribution in [3.05, 3.63) is 29.6 Å². The zero-order valence-corrected chi connectivity index (χ0v) is 11.9. The smallest absolute Gasteiger partial charge is 0.337 e. The molecule has 0 fully saturated rings. The van der Waals surface area contributed by atoms with Crippen molar-refractivity contribution >= 4 is 27.6 Å². The number of carboxylic acid groups (broad SMARTS) is 1. The first-order chi connectivity index (χ1) is 9.75. The number of nitrogens with one attached hydrogen (secondary N) is 1. The second-order valence-electron chi connectivity index (χ2n) is 3.97. The van der Waals surface area contributed by atoms with Crippen LogP contribution in [0.2, 0.25) is 0 Å². The Bertz CT molecular complexity index is 643. The Labute approximate surface area is 120 Å². The number of carbonyl (C=O) groups excluding carboxylic acids is 1. The molecule has 0 radical (unpaired) electrons. The molecule has 9 heteroatoms. The molecule has 0 saturated heterocycles. The SMILES string of the molecule is CCOC(=O)CCS(=O)(=O)Nc1cc(F)ccc1C(=O)O. The molecule has 0 saturated carbocycles. The van der Waals surface area contributed by atoms with Gasteiger partial charge in [-0.1, -0.05) is 0 Å². The van der Waals surface area contributed by atoms with Crippen molar-refractivity contribution in [1.82, 2.24) is 0 Å². The molecule has 116 valence electrons. The maximum atomic E-state index is 13.1. The third kappa shape index (κ3) is 5.38. The molecular formula is C12H14FNO6S. The van der Waals surface area contributed by atoms with Gasteiger partial charge in [0.2, 0.25) is 10.0 Å². The highest BCUT2D eigenvalue weighted by molar-refractivity contribution is 7.92. The summed E-state index contributed by atoms with van der Waals surface area (Å²) in [5, 5.41) is 8.91. The predicted molar refractivity (Wildman–Crippen MR) is 72.0 cm³/mol. The average molecular weight is 319 g/mol. The number of anilines is 1. The zero-order chi connectivity index (χ0) is 16.0. The van der Waals surface area contributed by atoms with Gasteiger partial charge in [-0.15, -0.1) is 0 Å². The van der Waals surface area contributed by atoms with E-state index < -0.39 is 44.8 Å². The maximum absolute atomic E-state index is 13.1. The van der Waals surface area contributed by atoms with Crippen LogP contribution in [0.15, 0.2) is 18.2 Å². The first-order valence-electron chi connectivity index (χ1n) is 5.94. The summed E-state index contributed by atoms with van der Waals surface area (Å²) >= 11 is 0. The highest BCUT2D eigenvalue weighted by Crippen LogP contribution is 2.19. The van der Waals surface area contributed by atoms with Crippen molar-refractivity contribution in [2.24, 2.45) is 0 Å². The number of hydrogen-bond donors (Lipinski definition) is 2. The van der Waals surface area contributed by atoms with Crippen molar-refractivity contribution in [2.75, 3.05) is 17.1 Å². The van der Waals surface area contributed by atoms with E-state index in [0.29, 0.717) is 0 Å². The number of carboxylic acids is 1. The molecule has 0 unspecified atom stereocenters. The number of rotatable bonds is 7. The topological polar surface area (TPSA) is 110 Å². The highest BCUT2D eigenvalue weighted by Gasteiger charge is 2.18. The van der Waals surface area contributed by atoms with Crippen LogP contribution in [0.4, 0.5) is 10.1 Å². The van der Waals surface area contributed by atoms with Gasteiger partial charge in [0.1, 0.15) is 5.82 Å². The van der Waals surface area contributed by atoms with Crippen molar-refractivity contribution in [1.29, 1.82) is 0 Å². The standard InChI is InChI=1S/C12H14FNO6S/c1-2-20-11(15)5-6-21(18,19)14-10-7-8(13)3-4-9(10)12(16)17/h3-4,7,14H,2,5-6H2,1H3,(H,16,17). The zero-order valence-electron chi connectivity index (χ0n) is 11.1. The lowest BCUT2D eigenvalue weighted by Crippen LogP contribution is -2.21. The summed E-state index contributed by atoms with van der Waals surface area (Å²) in [4.78, 5) is 22.0. The number of aromatic carboxylic acids is 1. The van der Waals surface area contributed by atoms with E-state index in [9.17, 15) is 22.4 Å². The number of ether oxygens (including phenoxy) is 1. The molecule has 1 rings (SSSR count). The van der Waals surface area contributed by atoms with E-state index >= 15 is 0 Å². The summed E-state index contributed by atoms with van der Waals surface area (Å²) < 4.78 is 43.2. The largest absolute Gasteiger partial charge is 0.478 e. The monoisotopic (exact) mass is 319 g/mol. The lowest BCUT2D eigenvalue weighted by molar-refractivity contribution is -0.142. The minimum absolute atomic E-state index is 0.124. The van der Waals surface area contributed by atoms with Crippen LogP contribution in [0.1, 0.15) is 23.7 Å². The molecule has 2 N–H and O–H groups in total. The van der Waals surface area contributed by atoms with Crippen LogP contribution in [0.5, 0.6) is 0 Å². The van der Waals surface area contributed by atoms with Crippen molar-refractivity contribution < 1.29 is 32.2 Å². The van der Waals surface area contributed by atoms with Gasteiger partial charge in [-0.25, -0.2) is 17.6 Å². The molecule has 0 bridgehead atoms. The Kier molecular flexibility index (Phi) is 5.65. The van der Waals surface area contributed by atoms with E-state index in [4.69, 9.17) is 5.11 Å². The van der Waals surface area contributed by atoms with Gasteiger partial charge in [-0.2, -0.15) is 0 Å². The third-order valence-corrected chi connectivity index (χ3v) is 3.63. The van der Waals surface area contributed by atoms with Gasteiger partial charge in [-0.3, -0.25) is 9.52 Å². The number of sulfonamides is 1. The second kappa shape index (κ2) is 7.02. The lowest BCUT2D eigenvalue weighted by Gasteiger charge is -2.10. The molecule has 21 heavy (non-hydrogen) atoms. The van der Waals surface area contributed by atoms with Crippen LogP contribution in [-0.4, -0.2) is 37.8 Å². The quantitative estimate of drug-likeness (QED) is 0.731. The minimum Gasteiger partial charge on any atom is -0.478 e. The summed E-state index contributed by atoms with van der Waals surface area (Å²) in [7, 11) is -4.00. The molecule has 0 atom stereocenters. The van der Waals surface area contributed by atoms with Gasteiger partial charge in [0.05, 0.1) is 30.0 Å². The lowest BCUT2D eigenvalue weighted by atomic mass is 10.2. The van der Waals surface area contributed by atoms with Gasteiger partial charge < -0.3 is 9.84 Å². The van der Waals surface area contributed by atoms with E-state index in [-0.39, 0.29) is 13.0 Å². The molecule has 0 aliphatic carbocycles. The summed E-state index contributed by atoms with van der Waals surface area (Å²) in [5.74, 6) is -3.48. The molecule has 0 heterocycles. The van der Waals surface area contributed by atoms with Gasteiger partial charge in [0.25, 0.3) is 0 Å². The van der Waals surface area contributed by atoms with Crippen LogP contribution >= 0.6 is 0 Å². The highest BCUT2D eigenvalue weighted by atomic mass is 32.2. The van der Waals surface area contributed by atoms with Crippen LogP contribution < -0.4 is 4.72 Å². The van der Waals surface area contributed by atoms with Crippen LogP contribution in [0.25, 0.3) is 0 Å². The Morgan fingerprint density at radius 2 is 2.05 bits per heavy atom. The summed E-state index contributed by atoms with van der Waals surface area (Å²) in [6.45, 7) is 1.70. The number of esters is 1. The maximum Gasteiger partial charge on any atom is 0.337 e. The van der Waals surface area contributed by atoms with Crippen LogP contribution in [0, 0.1) is 5.82 Å². The van der Waals surface area contributed by atoms with Gasteiger partial charge in [-0.05, 0) is 25.1 Å². The average Bonchev–Trinajstić information content (AvgIpc) is 2.36. The fourth-order valence-electron chi connectivity index (χ4n) is 1.46. The summed E-state index contributed by atoms with van der Waals surface area (Å²) in [5.41, 5.74) is -0.789. The number of halogens is 1. The van der Waals surface area contributed by atoms with E-state index in [1.54, 1.807) is 6.92 Å². The first-order valence-corrected chi connectivity index (χ1v) is 7.59. The molecule has 0 aromatic heterocycles. The Morgan fingerprint density at radius 3 is 2.62 bits per heavy atom. The van der Waals surface area contributed by atoms with Crippen molar-refractivity contribution in [3.63, 3.8) is 0 Å². The molecule has 0 aliphatic rings. The Morgan fingerprint density at radius 1 is 1.38 bits per heavy atom. The van der Waals surface area contributed by atoms with E-state index in [1.165, 1.54) is 0 Å². The van der Waals surface area contributed by atoms with E-state index in [0.717, 1.165) is 18.2 Å². The number of carbonyl (C=O) groups is 2. The molecule has 7 nitrogen and oxygen atoms in total. The fraction of sp³-hybridized carbons (Fsp3) is 0.333. The van der Waals surface area contributed by atoms with Crippen LogP contribution in [0.3, 0.4) is 0 Å². The molecule has 1 aromatic carbocycles. The van der Waals surface area contributed by atoms with Crippen molar-refractivity contribution in [2.45, 2.75) is 13.3 Å². The molecule has 0 amide bonds. The Balaban J connectivity index is 2.86. The third-order valence-electron chi connectivity index (χ3n) is 2.36. The summed E-state index contributed by atoms with van der Waals surface area (Å²) in [6, 6.07) is 2.60. The molecular weight excluding hydrogens is 305 g/mol. The van der Waals surface area contributed by atoms with Crippen molar-refractivity contribution in [3.8, 4) is 0 Å². The van der Waals surface area contributed by atoms with Gasteiger partial charge in [0, 0.05) is 0 Å². The first kappa shape index (κ1) is 16.9. The summed E-state index contributed by atoms with van der Waals surface area (Å²) in [6.07, 6.45) is -0.388. The molecule has 0 spiro atoms. The molecule has 1 aromatic rings. The van der Waals surface area contributed by atoms with Gasteiger partial charge in [0.15, 0.2) is 0 Å². The number of benzene rings is 1.